The van der Waals surface area contributed by atoms with Crippen molar-refractivity contribution in [1.29, 1.82) is 0 Å². The molecule has 1 aromatic carbocycles. The highest BCUT2D eigenvalue weighted by molar-refractivity contribution is 5.59. The molecule has 2 fully saturated rings. The van der Waals surface area contributed by atoms with Crippen LogP contribution >= 0.6 is 0 Å². The van der Waals surface area contributed by atoms with Gasteiger partial charge in [-0.15, -0.1) is 15.3 Å². The maximum absolute atomic E-state index is 4.88. The van der Waals surface area contributed by atoms with E-state index in [9.17, 15) is 0 Å². The Kier molecular flexibility index (Phi) is 4.72. The van der Waals surface area contributed by atoms with Gasteiger partial charge in [-0.1, -0.05) is 37.3 Å². The van der Waals surface area contributed by atoms with Gasteiger partial charge >= 0.3 is 0 Å². The average molecular weight is 377 g/mol. The van der Waals surface area contributed by atoms with Crippen molar-refractivity contribution in [1.82, 2.24) is 24.7 Å². The summed E-state index contributed by atoms with van der Waals surface area (Å²) < 4.78 is 1.87. The van der Waals surface area contributed by atoms with Crippen molar-refractivity contribution in [3.05, 3.63) is 42.5 Å². The van der Waals surface area contributed by atoms with Crippen LogP contribution in [0.15, 0.2) is 42.5 Å². The summed E-state index contributed by atoms with van der Waals surface area (Å²) in [5.41, 5.74) is 1.83. The van der Waals surface area contributed by atoms with Gasteiger partial charge in [-0.2, -0.15) is 4.52 Å². The van der Waals surface area contributed by atoms with Crippen LogP contribution in [0.5, 0.6) is 0 Å². The van der Waals surface area contributed by atoms with Crippen LogP contribution in [0.1, 0.15) is 32.6 Å². The standard InChI is InChI=1S/C22H28N6/c1-17-7-9-19(10-8-17)26-13-15-27(16-14-26)21-12-11-20-23-24-22(28(20)25-21)18-5-3-2-4-6-18/h2-6,11-12,17,19H,7-10,13-16H2,1H3. The van der Waals surface area contributed by atoms with E-state index >= 15 is 0 Å². The number of benzene rings is 1. The molecule has 146 valence electrons. The van der Waals surface area contributed by atoms with Crippen LogP contribution in [-0.4, -0.2) is 56.9 Å². The Morgan fingerprint density at radius 3 is 2.32 bits per heavy atom. The van der Waals surface area contributed by atoms with Crippen molar-refractivity contribution >= 4 is 11.5 Å². The molecule has 28 heavy (non-hydrogen) atoms. The first-order valence-electron chi connectivity index (χ1n) is 10.5. The zero-order chi connectivity index (χ0) is 18.9. The predicted molar refractivity (Wildman–Crippen MR) is 111 cm³/mol. The third-order valence-corrected chi connectivity index (χ3v) is 6.42. The van der Waals surface area contributed by atoms with Gasteiger partial charge in [0.05, 0.1) is 0 Å². The fraction of sp³-hybridized carbons (Fsp3) is 0.500. The Bertz CT molecular complexity index is 921. The molecule has 0 unspecified atom stereocenters. The molecule has 6 nitrogen and oxygen atoms in total. The summed E-state index contributed by atoms with van der Waals surface area (Å²) in [5, 5.41) is 13.5. The molecule has 0 bridgehead atoms. The van der Waals surface area contributed by atoms with Gasteiger partial charge in [-0.05, 0) is 43.7 Å². The Hall–Kier alpha value is -2.47. The van der Waals surface area contributed by atoms with Gasteiger partial charge in [-0.3, -0.25) is 4.90 Å². The molecule has 2 aliphatic rings. The van der Waals surface area contributed by atoms with Crippen molar-refractivity contribution in [3.63, 3.8) is 0 Å². The Morgan fingerprint density at radius 2 is 1.57 bits per heavy atom. The molecule has 0 atom stereocenters. The topological polar surface area (TPSA) is 49.6 Å². The third-order valence-electron chi connectivity index (χ3n) is 6.42. The lowest BCUT2D eigenvalue weighted by molar-refractivity contribution is 0.132. The van der Waals surface area contributed by atoms with Crippen LogP contribution in [-0.2, 0) is 0 Å². The molecule has 1 saturated heterocycles. The lowest BCUT2D eigenvalue weighted by Gasteiger charge is -2.42. The average Bonchev–Trinajstić information content (AvgIpc) is 3.18. The molecule has 0 N–H and O–H groups in total. The Labute approximate surface area is 166 Å². The summed E-state index contributed by atoms with van der Waals surface area (Å²) in [6, 6.07) is 15.0. The van der Waals surface area contributed by atoms with Gasteiger partial charge < -0.3 is 4.90 Å². The Morgan fingerprint density at radius 1 is 0.821 bits per heavy atom. The van der Waals surface area contributed by atoms with Gasteiger partial charge in [0.1, 0.15) is 5.82 Å². The van der Waals surface area contributed by atoms with Crippen molar-refractivity contribution in [2.75, 3.05) is 31.1 Å². The largest absolute Gasteiger partial charge is 0.353 e. The first-order chi connectivity index (χ1) is 13.8. The highest BCUT2D eigenvalue weighted by Gasteiger charge is 2.27. The van der Waals surface area contributed by atoms with E-state index in [-0.39, 0.29) is 0 Å². The highest BCUT2D eigenvalue weighted by Crippen LogP contribution is 2.28. The number of piperazine rings is 1. The molecule has 5 rings (SSSR count). The van der Waals surface area contributed by atoms with Crippen molar-refractivity contribution < 1.29 is 0 Å². The van der Waals surface area contributed by atoms with Crippen LogP contribution in [0.4, 0.5) is 5.82 Å². The maximum atomic E-state index is 4.88. The van der Waals surface area contributed by atoms with Crippen molar-refractivity contribution in [3.8, 4) is 11.4 Å². The van der Waals surface area contributed by atoms with E-state index in [1.807, 2.05) is 28.8 Å². The minimum atomic E-state index is 0.788. The minimum Gasteiger partial charge on any atom is -0.353 e. The fourth-order valence-corrected chi connectivity index (χ4v) is 4.64. The van der Waals surface area contributed by atoms with E-state index in [2.05, 4.69) is 45.1 Å². The number of rotatable bonds is 3. The van der Waals surface area contributed by atoms with Crippen LogP contribution < -0.4 is 4.90 Å². The molecule has 0 amide bonds. The number of hydrogen-bond acceptors (Lipinski definition) is 5. The fourth-order valence-electron chi connectivity index (χ4n) is 4.64. The summed E-state index contributed by atoms with van der Waals surface area (Å²) in [4.78, 5) is 5.10. The molecule has 1 aliphatic carbocycles. The number of nitrogens with zero attached hydrogens (tertiary/aromatic N) is 6. The van der Waals surface area contributed by atoms with E-state index < -0.39 is 0 Å². The van der Waals surface area contributed by atoms with Crippen molar-refractivity contribution in [2.45, 2.75) is 38.6 Å². The van der Waals surface area contributed by atoms with Crippen LogP contribution in [0.2, 0.25) is 0 Å². The molecule has 3 heterocycles. The van der Waals surface area contributed by atoms with E-state index in [4.69, 9.17) is 5.10 Å². The molecular formula is C22H28N6. The Balaban J connectivity index is 1.32. The van der Waals surface area contributed by atoms with E-state index in [0.29, 0.717) is 0 Å². The molecule has 6 heteroatoms. The summed E-state index contributed by atoms with van der Waals surface area (Å²) in [7, 11) is 0. The zero-order valence-electron chi connectivity index (χ0n) is 16.5. The minimum absolute atomic E-state index is 0.788. The number of hydrogen-bond donors (Lipinski definition) is 0. The van der Waals surface area contributed by atoms with Crippen LogP contribution in [0, 0.1) is 5.92 Å². The molecule has 2 aromatic heterocycles. The summed E-state index contributed by atoms with van der Waals surface area (Å²) in [6.45, 7) is 6.73. The normalized spacial score (nSPS) is 24.0. The molecular weight excluding hydrogens is 348 g/mol. The summed E-state index contributed by atoms with van der Waals surface area (Å²) in [5.74, 6) is 2.73. The second-order valence-electron chi connectivity index (χ2n) is 8.29. The van der Waals surface area contributed by atoms with Crippen LogP contribution in [0.25, 0.3) is 17.0 Å². The van der Waals surface area contributed by atoms with Crippen LogP contribution in [0.3, 0.4) is 0 Å². The summed E-state index contributed by atoms with van der Waals surface area (Å²) in [6.07, 6.45) is 5.51. The van der Waals surface area contributed by atoms with Gasteiger partial charge in [0, 0.05) is 37.8 Å². The monoisotopic (exact) mass is 376 g/mol. The predicted octanol–water partition coefficient (Wildman–Crippen LogP) is 3.49. The van der Waals surface area contributed by atoms with Gasteiger partial charge in [0.15, 0.2) is 11.5 Å². The third kappa shape index (κ3) is 3.37. The number of fused-ring (bicyclic) bond motifs is 1. The molecule has 0 spiro atoms. The van der Waals surface area contributed by atoms with E-state index in [1.54, 1.807) is 0 Å². The second-order valence-corrected chi connectivity index (χ2v) is 8.29. The van der Waals surface area contributed by atoms with Gasteiger partial charge in [-0.25, -0.2) is 0 Å². The lowest BCUT2D eigenvalue weighted by Crippen LogP contribution is -2.51. The summed E-state index contributed by atoms with van der Waals surface area (Å²) >= 11 is 0. The second kappa shape index (κ2) is 7.51. The molecule has 0 radical (unpaired) electrons. The van der Waals surface area contributed by atoms with E-state index in [0.717, 1.165) is 61.0 Å². The van der Waals surface area contributed by atoms with Gasteiger partial charge in [0.25, 0.3) is 0 Å². The number of aromatic nitrogens is 4. The molecule has 3 aromatic rings. The smallest absolute Gasteiger partial charge is 0.185 e. The molecule has 1 aliphatic heterocycles. The van der Waals surface area contributed by atoms with Gasteiger partial charge in [0.2, 0.25) is 0 Å². The molecule has 1 saturated carbocycles. The number of anilines is 1. The van der Waals surface area contributed by atoms with E-state index in [1.165, 1.54) is 25.7 Å². The first-order valence-corrected chi connectivity index (χ1v) is 10.5. The van der Waals surface area contributed by atoms with Crippen molar-refractivity contribution in [2.24, 2.45) is 5.92 Å². The first kappa shape index (κ1) is 17.6. The quantitative estimate of drug-likeness (QED) is 0.700. The maximum Gasteiger partial charge on any atom is 0.185 e. The lowest BCUT2D eigenvalue weighted by atomic mass is 9.86. The zero-order valence-corrected chi connectivity index (χ0v) is 16.5. The highest BCUT2D eigenvalue weighted by atomic mass is 15.4. The SMILES string of the molecule is CC1CCC(N2CCN(c3ccc4nnc(-c5ccccc5)n4n3)CC2)CC1.